The van der Waals surface area contributed by atoms with Crippen LogP contribution in [-0.4, -0.2) is 37.2 Å². The van der Waals surface area contributed by atoms with Gasteiger partial charge in [0.1, 0.15) is 13.2 Å². The first kappa shape index (κ1) is 52.4. The molecule has 0 aromatic rings. The van der Waals surface area contributed by atoms with Gasteiger partial charge in [0, 0.05) is 19.3 Å². The third-order valence-electron chi connectivity index (χ3n) is 10.8. The van der Waals surface area contributed by atoms with E-state index in [-0.39, 0.29) is 31.1 Å². The fraction of sp³-hybridized carbons (Fsp3) is 0.938. The molecule has 0 radical (unpaired) electrons. The molecule has 0 aromatic heterocycles. The monoisotopic (exact) mass is 765 g/mol. The molecule has 320 valence electrons. The standard InChI is InChI=1S/C48H92O6/c1-5-7-9-11-13-14-15-16-17-18-21-25-29-33-37-41-48(51)54-45(42-52-46(49)39-35-31-26-12-10-8-6-2)43-53-47(50)40-36-32-28-24-22-19-20-23-27-30-34-38-44(3)4/h44-45H,5-43H2,1-4H3/t45-/m0/s1. The lowest BCUT2D eigenvalue weighted by Gasteiger charge is -2.18. The molecule has 0 aliphatic rings. The number of carbonyl (C=O) groups excluding carboxylic acids is 3. The van der Waals surface area contributed by atoms with Gasteiger partial charge >= 0.3 is 17.9 Å². The number of rotatable bonds is 43. The van der Waals surface area contributed by atoms with Crippen molar-refractivity contribution < 1.29 is 28.6 Å². The van der Waals surface area contributed by atoms with E-state index in [0.717, 1.165) is 63.7 Å². The summed E-state index contributed by atoms with van der Waals surface area (Å²) in [6.45, 7) is 8.97. The fourth-order valence-electron chi connectivity index (χ4n) is 7.16. The van der Waals surface area contributed by atoms with Crippen molar-refractivity contribution in [3.63, 3.8) is 0 Å². The Bertz CT molecular complexity index is 811. The van der Waals surface area contributed by atoms with Crippen molar-refractivity contribution in [3.8, 4) is 0 Å². The number of carbonyl (C=O) groups is 3. The van der Waals surface area contributed by atoms with Crippen LogP contribution in [0.15, 0.2) is 0 Å². The first-order chi connectivity index (χ1) is 26.4. The van der Waals surface area contributed by atoms with Crippen LogP contribution < -0.4 is 0 Å². The molecule has 0 spiro atoms. The van der Waals surface area contributed by atoms with Crippen molar-refractivity contribution >= 4 is 17.9 Å². The maximum Gasteiger partial charge on any atom is 0.306 e. The molecule has 0 fully saturated rings. The minimum atomic E-state index is -0.758. The molecule has 0 N–H and O–H groups in total. The molecule has 6 heteroatoms. The molecule has 0 heterocycles. The zero-order valence-electron chi connectivity index (χ0n) is 36.7. The van der Waals surface area contributed by atoms with Gasteiger partial charge in [-0.25, -0.2) is 0 Å². The van der Waals surface area contributed by atoms with Gasteiger partial charge in [-0.05, 0) is 25.2 Å². The first-order valence-corrected chi connectivity index (χ1v) is 23.9. The zero-order valence-corrected chi connectivity index (χ0v) is 36.7. The van der Waals surface area contributed by atoms with Gasteiger partial charge < -0.3 is 14.2 Å². The number of esters is 3. The molecule has 0 rings (SSSR count). The van der Waals surface area contributed by atoms with Gasteiger partial charge in [-0.1, -0.05) is 227 Å². The molecule has 0 amide bonds. The molecule has 6 nitrogen and oxygen atoms in total. The molecule has 0 bridgehead atoms. The lowest BCUT2D eigenvalue weighted by Crippen LogP contribution is -2.30. The smallest absolute Gasteiger partial charge is 0.306 e. The van der Waals surface area contributed by atoms with Crippen molar-refractivity contribution in [2.45, 2.75) is 271 Å². The summed E-state index contributed by atoms with van der Waals surface area (Å²) in [5, 5.41) is 0. The van der Waals surface area contributed by atoms with Gasteiger partial charge in [0.15, 0.2) is 6.10 Å². The van der Waals surface area contributed by atoms with Gasteiger partial charge in [0.05, 0.1) is 0 Å². The molecular formula is C48H92O6. The van der Waals surface area contributed by atoms with Crippen LogP contribution >= 0.6 is 0 Å². The predicted octanol–water partition coefficient (Wildman–Crippen LogP) is 15.1. The van der Waals surface area contributed by atoms with E-state index in [0.29, 0.717) is 19.3 Å². The summed E-state index contributed by atoms with van der Waals surface area (Å²) in [6, 6.07) is 0. The van der Waals surface area contributed by atoms with Crippen LogP contribution in [0, 0.1) is 5.92 Å². The second kappa shape index (κ2) is 42.6. The van der Waals surface area contributed by atoms with E-state index in [4.69, 9.17) is 14.2 Å². The normalized spacial score (nSPS) is 11.9. The van der Waals surface area contributed by atoms with Crippen LogP contribution in [0.1, 0.15) is 265 Å². The van der Waals surface area contributed by atoms with Crippen LogP contribution in [0.25, 0.3) is 0 Å². The molecule has 0 saturated carbocycles. The van der Waals surface area contributed by atoms with Gasteiger partial charge in [-0.2, -0.15) is 0 Å². The number of hydrogen-bond donors (Lipinski definition) is 0. The number of unbranched alkanes of at least 4 members (excludes halogenated alkanes) is 30. The van der Waals surface area contributed by atoms with Gasteiger partial charge in [0.2, 0.25) is 0 Å². The molecule has 1 atom stereocenters. The van der Waals surface area contributed by atoms with Crippen molar-refractivity contribution in [2.24, 2.45) is 5.92 Å². The third-order valence-corrected chi connectivity index (χ3v) is 10.8. The number of ether oxygens (including phenoxy) is 3. The Morgan fingerprint density at radius 2 is 0.611 bits per heavy atom. The van der Waals surface area contributed by atoms with Crippen LogP contribution in [0.4, 0.5) is 0 Å². The highest BCUT2D eigenvalue weighted by molar-refractivity contribution is 5.71. The highest BCUT2D eigenvalue weighted by atomic mass is 16.6. The van der Waals surface area contributed by atoms with E-state index < -0.39 is 6.10 Å². The lowest BCUT2D eigenvalue weighted by atomic mass is 10.0. The third kappa shape index (κ3) is 41.6. The minimum absolute atomic E-state index is 0.0639. The molecule has 0 aliphatic carbocycles. The van der Waals surface area contributed by atoms with Gasteiger partial charge in [-0.3, -0.25) is 14.4 Å². The molecular weight excluding hydrogens is 673 g/mol. The topological polar surface area (TPSA) is 78.9 Å². The molecule has 0 saturated heterocycles. The largest absolute Gasteiger partial charge is 0.462 e. The summed E-state index contributed by atoms with van der Waals surface area (Å²) in [4.78, 5) is 37.7. The summed E-state index contributed by atoms with van der Waals surface area (Å²) in [7, 11) is 0. The Kier molecular flexibility index (Phi) is 41.3. The summed E-state index contributed by atoms with van der Waals surface area (Å²) in [5.41, 5.74) is 0. The van der Waals surface area contributed by atoms with Crippen molar-refractivity contribution in [2.75, 3.05) is 13.2 Å². The van der Waals surface area contributed by atoms with Crippen molar-refractivity contribution in [1.29, 1.82) is 0 Å². The van der Waals surface area contributed by atoms with Crippen molar-refractivity contribution in [3.05, 3.63) is 0 Å². The summed E-state index contributed by atoms with van der Waals surface area (Å²) in [6.07, 6.45) is 42.4. The summed E-state index contributed by atoms with van der Waals surface area (Å²) >= 11 is 0. The second-order valence-electron chi connectivity index (χ2n) is 16.9. The summed E-state index contributed by atoms with van der Waals surface area (Å²) < 4.78 is 16.7. The maximum atomic E-state index is 12.7. The molecule has 54 heavy (non-hydrogen) atoms. The highest BCUT2D eigenvalue weighted by Gasteiger charge is 2.19. The average molecular weight is 765 g/mol. The Hall–Kier alpha value is -1.59. The Morgan fingerprint density at radius 3 is 0.907 bits per heavy atom. The van der Waals surface area contributed by atoms with E-state index in [1.165, 1.54) is 161 Å². The fourth-order valence-corrected chi connectivity index (χ4v) is 7.16. The van der Waals surface area contributed by atoms with Crippen LogP contribution in [0.2, 0.25) is 0 Å². The maximum absolute atomic E-state index is 12.7. The van der Waals surface area contributed by atoms with Gasteiger partial charge in [0.25, 0.3) is 0 Å². The van der Waals surface area contributed by atoms with E-state index in [1.54, 1.807) is 0 Å². The van der Waals surface area contributed by atoms with E-state index in [1.807, 2.05) is 0 Å². The second-order valence-corrected chi connectivity index (χ2v) is 16.9. The van der Waals surface area contributed by atoms with Crippen LogP contribution in [0.5, 0.6) is 0 Å². The van der Waals surface area contributed by atoms with E-state index in [2.05, 4.69) is 27.7 Å². The van der Waals surface area contributed by atoms with E-state index in [9.17, 15) is 14.4 Å². The predicted molar refractivity (Wildman–Crippen MR) is 229 cm³/mol. The minimum Gasteiger partial charge on any atom is -0.462 e. The molecule has 0 aromatic carbocycles. The van der Waals surface area contributed by atoms with E-state index >= 15 is 0 Å². The SMILES string of the molecule is CCCCCCCCCCCCCCCCCC(=O)O[C@@H](COC(=O)CCCCCCCCC)COC(=O)CCCCCCCCCCCCCC(C)C. The van der Waals surface area contributed by atoms with Crippen LogP contribution in [0.3, 0.4) is 0 Å². The Labute approximate surface area is 336 Å². The molecule has 0 unspecified atom stereocenters. The molecule has 0 aliphatic heterocycles. The quantitative estimate of drug-likeness (QED) is 0.0349. The Balaban J connectivity index is 4.24. The number of hydrogen-bond acceptors (Lipinski definition) is 6. The first-order valence-electron chi connectivity index (χ1n) is 23.9. The Morgan fingerprint density at radius 1 is 0.352 bits per heavy atom. The van der Waals surface area contributed by atoms with Crippen molar-refractivity contribution in [1.82, 2.24) is 0 Å². The van der Waals surface area contributed by atoms with Gasteiger partial charge in [-0.15, -0.1) is 0 Å². The van der Waals surface area contributed by atoms with Crippen LogP contribution in [-0.2, 0) is 28.6 Å². The lowest BCUT2D eigenvalue weighted by molar-refractivity contribution is -0.167. The zero-order chi connectivity index (χ0) is 39.6. The summed E-state index contributed by atoms with van der Waals surface area (Å²) in [5.74, 6) is -0.0298. The highest BCUT2D eigenvalue weighted by Crippen LogP contribution is 2.16. The average Bonchev–Trinajstić information content (AvgIpc) is 3.15.